The second-order valence-corrected chi connectivity index (χ2v) is 4.59. The lowest BCUT2D eigenvalue weighted by Crippen LogP contribution is -2.12. The lowest BCUT2D eigenvalue weighted by atomic mass is 10.1. The molecule has 20 heavy (non-hydrogen) atoms. The van der Waals surface area contributed by atoms with Crippen LogP contribution in [0.1, 0.15) is 26.3 Å². The number of hydrogen-bond donors (Lipinski definition) is 2. The molecule has 1 heterocycles. The molecule has 0 spiro atoms. The number of carbonyl (C=O) groups excluding carboxylic acids is 1. The van der Waals surface area contributed by atoms with Gasteiger partial charge >= 0.3 is 5.97 Å². The van der Waals surface area contributed by atoms with E-state index in [2.05, 4.69) is 10.3 Å². The number of carboxylic acid groups (broad SMARTS) is 1. The van der Waals surface area contributed by atoms with E-state index in [1.54, 1.807) is 18.2 Å². The predicted octanol–water partition coefficient (Wildman–Crippen LogP) is 2.99. The molecule has 0 radical (unpaired) electrons. The van der Waals surface area contributed by atoms with Crippen molar-refractivity contribution < 1.29 is 14.7 Å². The molecule has 2 aromatic rings. The van der Waals surface area contributed by atoms with E-state index in [-0.39, 0.29) is 11.5 Å². The zero-order valence-corrected chi connectivity index (χ0v) is 11.3. The molecule has 1 amide bonds. The van der Waals surface area contributed by atoms with Crippen LogP contribution in [0.25, 0.3) is 0 Å². The topological polar surface area (TPSA) is 79.3 Å². The number of amides is 1. The van der Waals surface area contributed by atoms with Gasteiger partial charge in [0.15, 0.2) is 0 Å². The lowest BCUT2D eigenvalue weighted by Gasteiger charge is -2.06. The quantitative estimate of drug-likeness (QED) is 0.911. The van der Waals surface area contributed by atoms with Crippen LogP contribution in [0.5, 0.6) is 0 Å². The van der Waals surface area contributed by atoms with E-state index >= 15 is 0 Å². The van der Waals surface area contributed by atoms with Crippen molar-refractivity contribution in [2.75, 3.05) is 5.32 Å². The number of pyridine rings is 1. The standard InChI is InChI=1S/C14H11ClN2O3/c1-8-2-3-9(5-12(8)15)13(18)17-11-4-10(14(19)20)6-16-7-11/h2-7H,1H3,(H,17,18)(H,19,20). The predicted molar refractivity (Wildman–Crippen MR) is 75.3 cm³/mol. The number of carboxylic acids is 1. The monoisotopic (exact) mass is 290 g/mol. The lowest BCUT2D eigenvalue weighted by molar-refractivity contribution is 0.0696. The van der Waals surface area contributed by atoms with Crippen LogP contribution in [0.3, 0.4) is 0 Å². The minimum atomic E-state index is -1.10. The highest BCUT2D eigenvalue weighted by molar-refractivity contribution is 6.31. The van der Waals surface area contributed by atoms with E-state index < -0.39 is 5.97 Å². The molecule has 1 aromatic carbocycles. The highest BCUT2D eigenvalue weighted by Crippen LogP contribution is 2.18. The Morgan fingerprint density at radius 1 is 1.20 bits per heavy atom. The van der Waals surface area contributed by atoms with Crippen molar-refractivity contribution in [3.63, 3.8) is 0 Å². The average molecular weight is 291 g/mol. The normalized spacial score (nSPS) is 10.1. The molecule has 0 aliphatic rings. The molecule has 6 heteroatoms. The minimum Gasteiger partial charge on any atom is -0.478 e. The third-order valence-electron chi connectivity index (χ3n) is 2.68. The summed E-state index contributed by atoms with van der Waals surface area (Å²) in [7, 11) is 0. The number of rotatable bonds is 3. The largest absolute Gasteiger partial charge is 0.478 e. The summed E-state index contributed by atoms with van der Waals surface area (Å²) in [6, 6.07) is 6.28. The van der Waals surface area contributed by atoms with Gasteiger partial charge < -0.3 is 10.4 Å². The fraction of sp³-hybridized carbons (Fsp3) is 0.0714. The Balaban J connectivity index is 2.21. The second-order valence-electron chi connectivity index (χ2n) is 4.19. The Kier molecular flexibility index (Phi) is 4.00. The summed E-state index contributed by atoms with van der Waals surface area (Å²) in [6.07, 6.45) is 2.58. The van der Waals surface area contributed by atoms with Crippen LogP contribution in [0.2, 0.25) is 5.02 Å². The Morgan fingerprint density at radius 3 is 2.60 bits per heavy atom. The molecule has 0 saturated carbocycles. The van der Waals surface area contributed by atoms with Crippen molar-refractivity contribution in [3.05, 3.63) is 58.4 Å². The molecule has 0 fully saturated rings. The first kappa shape index (κ1) is 14.0. The minimum absolute atomic E-state index is 0.00439. The van der Waals surface area contributed by atoms with Crippen molar-refractivity contribution in [2.45, 2.75) is 6.92 Å². The first-order chi connectivity index (χ1) is 9.47. The van der Waals surface area contributed by atoms with Crippen molar-refractivity contribution in [1.82, 2.24) is 4.98 Å². The summed E-state index contributed by atoms with van der Waals surface area (Å²) in [5, 5.41) is 11.9. The van der Waals surface area contributed by atoms with E-state index in [0.29, 0.717) is 16.3 Å². The van der Waals surface area contributed by atoms with Gasteiger partial charge in [0.2, 0.25) is 0 Å². The van der Waals surface area contributed by atoms with Crippen LogP contribution in [-0.4, -0.2) is 22.0 Å². The number of aromatic carboxylic acids is 1. The molecule has 5 nitrogen and oxygen atoms in total. The fourth-order valence-corrected chi connectivity index (χ4v) is 1.74. The Bertz CT molecular complexity index is 686. The number of carbonyl (C=O) groups is 2. The van der Waals surface area contributed by atoms with Gasteiger partial charge in [-0.25, -0.2) is 4.79 Å². The molecule has 0 unspecified atom stereocenters. The van der Waals surface area contributed by atoms with E-state index in [4.69, 9.17) is 16.7 Å². The number of nitrogens with one attached hydrogen (secondary N) is 1. The molecule has 0 aliphatic carbocycles. The van der Waals surface area contributed by atoms with Crippen molar-refractivity contribution in [2.24, 2.45) is 0 Å². The molecule has 2 rings (SSSR count). The Labute approximate surface area is 120 Å². The highest BCUT2D eigenvalue weighted by Gasteiger charge is 2.10. The highest BCUT2D eigenvalue weighted by atomic mass is 35.5. The van der Waals surface area contributed by atoms with E-state index in [9.17, 15) is 9.59 Å². The van der Waals surface area contributed by atoms with Crippen molar-refractivity contribution in [1.29, 1.82) is 0 Å². The molecule has 0 atom stereocenters. The van der Waals surface area contributed by atoms with Crippen molar-refractivity contribution in [3.8, 4) is 0 Å². The average Bonchev–Trinajstić information content (AvgIpc) is 2.42. The zero-order chi connectivity index (χ0) is 14.7. The molecule has 0 bridgehead atoms. The number of nitrogens with zero attached hydrogens (tertiary/aromatic N) is 1. The molecule has 0 aliphatic heterocycles. The Hall–Kier alpha value is -2.40. The maximum atomic E-state index is 12.0. The van der Waals surface area contributed by atoms with Gasteiger partial charge in [-0.05, 0) is 30.7 Å². The number of anilines is 1. The molecule has 1 aromatic heterocycles. The summed E-state index contributed by atoms with van der Waals surface area (Å²) in [6.45, 7) is 1.84. The first-order valence-corrected chi connectivity index (χ1v) is 6.11. The van der Waals surface area contributed by atoms with Gasteiger partial charge in [0.05, 0.1) is 17.4 Å². The van der Waals surface area contributed by atoms with Gasteiger partial charge in [-0.3, -0.25) is 9.78 Å². The summed E-state index contributed by atoms with van der Waals surface area (Å²) in [5.41, 5.74) is 1.58. The summed E-state index contributed by atoms with van der Waals surface area (Å²) in [5.74, 6) is -1.48. The van der Waals surface area contributed by atoms with Gasteiger partial charge in [0.1, 0.15) is 0 Å². The molecule has 0 saturated heterocycles. The number of halogens is 1. The number of hydrogen-bond acceptors (Lipinski definition) is 3. The molecule has 2 N–H and O–H groups in total. The molecular weight excluding hydrogens is 280 g/mol. The summed E-state index contributed by atoms with van der Waals surface area (Å²) in [4.78, 5) is 26.6. The number of aryl methyl sites for hydroxylation is 1. The van der Waals surface area contributed by atoms with E-state index in [1.165, 1.54) is 18.5 Å². The number of aromatic nitrogens is 1. The molecule has 102 valence electrons. The van der Waals surface area contributed by atoms with Gasteiger partial charge in [0.25, 0.3) is 5.91 Å². The van der Waals surface area contributed by atoms with Gasteiger partial charge in [-0.2, -0.15) is 0 Å². The Morgan fingerprint density at radius 2 is 1.95 bits per heavy atom. The van der Waals surface area contributed by atoms with Crippen LogP contribution in [0, 0.1) is 6.92 Å². The summed E-state index contributed by atoms with van der Waals surface area (Å²) < 4.78 is 0. The third-order valence-corrected chi connectivity index (χ3v) is 3.08. The van der Waals surface area contributed by atoms with Crippen LogP contribution in [0.15, 0.2) is 36.7 Å². The fourth-order valence-electron chi connectivity index (χ4n) is 1.56. The van der Waals surface area contributed by atoms with Crippen molar-refractivity contribution >= 4 is 29.2 Å². The van der Waals surface area contributed by atoms with Crippen LogP contribution < -0.4 is 5.32 Å². The first-order valence-electron chi connectivity index (χ1n) is 5.73. The van der Waals surface area contributed by atoms with Gasteiger partial charge in [-0.1, -0.05) is 17.7 Å². The van der Waals surface area contributed by atoms with Gasteiger partial charge in [-0.15, -0.1) is 0 Å². The maximum absolute atomic E-state index is 12.0. The SMILES string of the molecule is Cc1ccc(C(=O)Nc2cncc(C(=O)O)c2)cc1Cl. The van der Waals surface area contributed by atoms with Crippen LogP contribution in [-0.2, 0) is 0 Å². The van der Waals surface area contributed by atoms with E-state index in [1.807, 2.05) is 6.92 Å². The van der Waals surface area contributed by atoms with E-state index in [0.717, 1.165) is 5.56 Å². The number of benzene rings is 1. The van der Waals surface area contributed by atoms with Crippen LogP contribution >= 0.6 is 11.6 Å². The smallest absolute Gasteiger partial charge is 0.337 e. The second kappa shape index (κ2) is 5.71. The maximum Gasteiger partial charge on any atom is 0.337 e. The van der Waals surface area contributed by atoms with Crippen LogP contribution in [0.4, 0.5) is 5.69 Å². The third kappa shape index (κ3) is 3.13. The van der Waals surface area contributed by atoms with Gasteiger partial charge in [0, 0.05) is 16.8 Å². The summed E-state index contributed by atoms with van der Waals surface area (Å²) >= 11 is 5.96. The molecular formula is C14H11ClN2O3. The zero-order valence-electron chi connectivity index (χ0n) is 10.6.